The SMILES string of the molecule is [2H]C([2H])(O)CO[C@@]1([2H])C([2H])([2H])[C@@]([2H])(n2nnc3c(N[C@]4([2H])C[C@@]4([2H])c4ccc(C)c(F)c4)nc(SC([2H])([2H])C([2H])([2H])C)nc32)[C@]([2H])(O)[C@]1([2H])O. The molecule has 0 amide bonds. The maximum atomic E-state index is 14.4. The predicted molar refractivity (Wildman–Crippen MR) is 133 cm³/mol. The first-order valence-electron chi connectivity index (χ1n) is 17.5. The lowest BCUT2D eigenvalue weighted by atomic mass is 10.1. The largest absolute Gasteiger partial charge is 0.394 e. The first-order valence-corrected chi connectivity index (χ1v) is 11.3. The van der Waals surface area contributed by atoms with Crippen molar-refractivity contribution >= 4 is 28.7 Å². The van der Waals surface area contributed by atoms with E-state index in [2.05, 4.69) is 25.6 Å². The molecule has 1 aromatic carbocycles. The van der Waals surface area contributed by atoms with E-state index in [1.807, 2.05) is 0 Å². The highest BCUT2D eigenvalue weighted by Gasteiger charge is 2.45. The Balaban J connectivity index is 1.71. The number of aryl methyl sites for hydroxylation is 1. The van der Waals surface area contributed by atoms with Gasteiger partial charge in [0.1, 0.15) is 18.0 Å². The van der Waals surface area contributed by atoms with Crippen LogP contribution in [0.3, 0.4) is 0 Å². The molecule has 4 N–H and O–H groups in total. The molecule has 36 heavy (non-hydrogen) atoms. The number of nitrogens with zero attached hydrogens (tertiary/aromatic N) is 5. The molecule has 5 rings (SSSR count). The highest BCUT2D eigenvalue weighted by molar-refractivity contribution is 7.99. The number of anilines is 1. The minimum Gasteiger partial charge on any atom is -0.394 e. The number of ether oxygens (including phenoxy) is 1. The number of benzene rings is 1. The van der Waals surface area contributed by atoms with Gasteiger partial charge < -0.3 is 25.4 Å². The summed E-state index contributed by atoms with van der Waals surface area (Å²) >= 11 is 0.0794. The monoisotopic (exact) mass is 532 g/mol. The van der Waals surface area contributed by atoms with Crippen LogP contribution in [0.1, 0.15) is 68.3 Å². The second kappa shape index (κ2) is 10.5. The number of hydrogen-bond donors (Lipinski definition) is 4. The van der Waals surface area contributed by atoms with Gasteiger partial charge in [-0.15, -0.1) is 5.10 Å². The Bertz CT molecular complexity index is 1860. The van der Waals surface area contributed by atoms with Crippen molar-refractivity contribution in [2.75, 3.05) is 24.2 Å². The lowest BCUT2D eigenvalue weighted by molar-refractivity contribution is -0.0629. The third-order valence-electron chi connectivity index (χ3n) is 5.30. The fourth-order valence-corrected chi connectivity index (χ4v) is 3.90. The van der Waals surface area contributed by atoms with Crippen LogP contribution in [0.5, 0.6) is 0 Å². The molecule has 0 unspecified atom stereocenters. The standard InChI is InChI=1S/C24H31FN6O4S/c1-3-8-36-24-27-22(26-16-10-14(16)13-5-4-12(2)15(25)9-13)19-23(28-24)31(30-29-19)17-11-18(35-7-6-32)21(34)20(17)33/h4-5,9,14,16-18,20-21,32-34H,3,6-8,10-11H2,1-2H3,(H,26,27,28)/t14-,16+,17+,18-,20-,21+/m0/s1/i3D2,6D2,8D2,11D2,14D,16D,17D,18D,20D,21D. The van der Waals surface area contributed by atoms with Gasteiger partial charge in [-0.05, 0) is 36.9 Å². The normalized spacial score (nSPS) is 48.2. The number of fused-ring (bicyclic) bond motifs is 1. The van der Waals surface area contributed by atoms with Crippen molar-refractivity contribution in [1.29, 1.82) is 0 Å². The Morgan fingerprint density at radius 2 is 2.19 bits per heavy atom. The van der Waals surface area contributed by atoms with Gasteiger partial charge in [-0.25, -0.2) is 19.0 Å². The van der Waals surface area contributed by atoms with Crippen LogP contribution in [0, 0.1) is 12.7 Å². The van der Waals surface area contributed by atoms with Crippen LogP contribution in [0.25, 0.3) is 11.2 Å². The molecule has 2 fully saturated rings. The van der Waals surface area contributed by atoms with E-state index in [0.29, 0.717) is 0 Å². The molecule has 0 bridgehead atoms. The molecule has 2 aliphatic rings. The van der Waals surface area contributed by atoms with E-state index in [-0.39, 0.29) is 34.0 Å². The number of rotatable bonds is 10. The van der Waals surface area contributed by atoms with Crippen LogP contribution in [0.15, 0.2) is 23.4 Å². The molecule has 2 saturated carbocycles. The van der Waals surface area contributed by atoms with E-state index in [4.69, 9.17) is 23.9 Å². The maximum Gasteiger partial charge on any atom is 0.191 e. The smallest absolute Gasteiger partial charge is 0.191 e. The highest BCUT2D eigenvalue weighted by atomic mass is 32.2. The van der Waals surface area contributed by atoms with Crippen LogP contribution < -0.4 is 5.32 Å². The molecule has 0 aliphatic heterocycles. The molecule has 3 aromatic rings. The van der Waals surface area contributed by atoms with Crippen molar-refractivity contribution in [2.45, 2.75) is 74.3 Å². The molecule has 194 valence electrons. The zero-order valence-electron chi connectivity index (χ0n) is 32.9. The summed E-state index contributed by atoms with van der Waals surface area (Å²) in [6, 6.07) is -1.92. The van der Waals surface area contributed by atoms with Gasteiger partial charge in [-0.1, -0.05) is 36.0 Å². The highest BCUT2D eigenvalue weighted by Crippen LogP contribution is 2.44. The van der Waals surface area contributed by atoms with Crippen molar-refractivity contribution in [2.24, 2.45) is 0 Å². The summed E-state index contributed by atoms with van der Waals surface area (Å²) in [5.41, 5.74) is -3.81. The van der Waals surface area contributed by atoms with E-state index in [1.54, 1.807) is 0 Å². The second-order valence-corrected chi connectivity index (χ2v) is 8.43. The fraction of sp³-hybridized carbons (Fsp3) is 0.583. The minimum absolute atomic E-state index is 0.0714. The van der Waals surface area contributed by atoms with Gasteiger partial charge in [-0.3, -0.25) is 0 Å². The molecule has 2 aromatic heterocycles. The van der Waals surface area contributed by atoms with Gasteiger partial charge in [0.25, 0.3) is 0 Å². The Morgan fingerprint density at radius 1 is 1.36 bits per heavy atom. The Hall–Kier alpha value is -2.38. The zero-order valence-corrected chi connectivity index (χ0v) is 19.7. The third kappa shape index (κ3) is 4.92. The van der Waals surface area contributed by atoms with Crippen LogP contribution in [0.4, 0.5) is 10.2 Å². The molecule has 0 saturated heterocycles. The molecule has 0 spiro atoms. The average molecular weight is 533 g/mol. The number of aromatic nitrogens is 5. The molecule has 6 atom stereocenters. The van der Waals surface area contributed by atoms with Gasteiger partial charge in [0, 0.05) is 33.6 Å². The van der Waals surface area contributed by atoms with Gasteiger partial charge in [0.2, 0.25) is 0 Å². The molecule has 2 heterocycles. The number of thioether (sulfide) groups is 1. The van der Waals surface area contributed by atoms with Gasteiger partial charge in [0.05, 0.1) is 34.9 Å². The Labute approximate surface area is 232 Å². The van der Waals surface area contributed by atoms with Crippen LogP contribution in [0.2, 0.25) is 0 Å². The number of halogens is 1. The average Bonchev–Trinajstić information content (AvgIpc) is 3.25. The summed E-state index contributed by atoms with van der Waals surface area (Å²) in [4.78, 5) is 8.15. The fourth-order valence-electron chi connectivity index (χ4n) is 3.43. The van der Waals surface area contributed by atoms with Crippen molar-refractivity contribution in [3.8, 4) is 0 Å². The molecular formula is C24H31FN6O4S. The van der Waals surface area contributed by atoms with Crippen molar-refractivity contribution in [1.82, 2.24) is 25.0 Å². The molecule has 12 heteroatoms. The zero-order chi connectivity index (χ0) is 38.1. The Morgan fingerprint density at radius 3 is 2.94 bits per heavy atom. The van der Waals surface area contributed by atoms with Crippen molar-refractivity contribution in [3.05, 3.63) is 35.1 Å². The number of aliphatic hydroxyl groups is 3. The van der Waals surface area contributed by atoms with E-state index < -0.39 is 95.7 Å². The predicted octanol–water partition coefficient (Wildman–Crippen LogP) is 2.18. The lowest BCUT2D eigenvalue weighted by Crippen LogP contribution is -2.33. The lowest BCUT2D eigenvalue weighted by Gasteiger charge is -2.17. The summed E-state index contributed by atoms with van der Waals surface area (Å²) in [5, 5.41) is 41.1. The molecule has 0 radical (unpaired) electrons. The van der Waals surface area contributed by atoms with E-state index in [1.165, 1.54) is 19.1 Å². The molecule has 2 aliphatic carbocycles. The topological polar surface area (TPSA) is 138 Å². The third-order valence-corrected chi connectivity index (χ3v) is 5.97. The van der Waals surface area contributed by atoms with Crippen molar-refractivity contribution in [3.63, 3.8) is 0 Å². The summed E-state index contributed by atoms with van der Waals surface area (Å²) < 4.78 is 136. The van der Waals surface area contributed by atoms with Crippen LogP contribution in [-0.4, -0.2) is 83.4 Å². The van der Waals surface area contributed by atoms with E-state index in [0.717, 1.165) is 13.0 Å². The van der Waals surface area contributed by atoms with E-state index in [9.17, 15) is 19.7 Å². The van der Waals surface area contributed by atoms with Gasteiger partial charge >= 0.3 is 0 Å². The summed E-state index contributed by atoms with van der Waals surface area (Å²) in [6.07, 6.45) is -18.9. The Kier molecular flexibility index (Phi) is 3.93. The van der Waals surface area contributed by atoms with E-state index >= 15 is 0 Å². The number of hydrogen-bond acceptors (Lipinski definition) is 10. The minimum atomic E-state index is -4.14. The maximum absolute atomic E-state index is 14.4. The second-order valence-electron chi connectivity index (χ2n) is 7.65. The van der Waals surface area contributed by atoms with Crippen LogP contribution >= 0.6 is 11.8 Å². The summed E-state index contributed by atoms with van der Waals surface area (Å²) in [5.74, 6) is -2.97. The molecular weight excluding hydrogens is 487 g/mol. The first-order chi connectivity index (χ1) is 22.3. The van der Waals surface area contributed by atoms with Crippen molar-refractivity contribution < 1.29 is 43.6 Å². The first kappa shape index (κ1) is 13.4. The van der Waals surface area contributed by atoms with Gasteiger partial charge in [0.15, 0.2) is 22.1 Å². The van der Waals surface area contributed by atoms with Gasteiger partial charge in [-0.2, -0.15) is 0 Å². The van der Waals surface area contributed by atoms with Crippen LogP contribution in [-0.2, 0) is 4.74 Å². The summed E-state index contributed by atoms with van der Waals surface area (Å²) in [7, 11) is 0. The quantitative estimate of drug-likeness (QED) is 0.227. The number of nitrogens with one attached hydrogen (secondary N) is 1. The summed E-state index contributed by atoms with van der Waals surface area (Å²) in [6.45, 7) is -2.44. The molecule has 10 nitrogen and oxygen atoms in total.